The van der Waals surface area contributed by atoms with Crippen molar-refractivity contribution >= 4 is 5.57 Å². The largest absolute Gasteiger partial charge is 0.496 e. The van der Waals surface area contributed by atoms with Gasteiger partial charge in [0.15, 0.2) is 0 Å². The van der Waals surface area contributed by atoms with Crippen LogP contribution in [-0.2, 0) is 0 Å². The van der Waals surface area contributed by atoms with E-state index in [0.29, 0.717) is 11.3 Å². The van der Waals surface area contributed by atoms with Gasteiger partial charge in [-0.25, -0.2) is 0 Å². The van der Waals surface area contributed by atoms with Gasteiger partial charge in [-0.2, -0.15) is 0 Å². The second-order valence-corrected chi connectivity index (χ2v) is 4.10. The van der Waals surface area contributed by atoms with E-state index in [4.69, 9.17) is 4.74 Å². The van der Waals surface area contributed by atoms with Gasteiger partial charge in [-0.3, -0.25) is 0 Å². The van der Waals surface area contributed by atoms with Crippen LogP contribution >= 0.6 is 0 Å². The molecule has 96 valence electrons. The van der Waals surface area contributed by atoms with Crippen LogP contribution in [0, 0.1) is 0 Å². The minimum Gasteiger partial charge on any atom is -0.496 e. The van der Waals surface area contributed by atoms with E-state index in [0.717, 1.165) is 11.1 Å². The van der Waals surface area contributed by atoms with Crippen molar-refractivity contribution < 1.29 is 9.84 Å². The molecule has 1 atom stereocenters. The van der Waals surface area contributed by atoms with Crippen molar-refractivity contribution in [2.45, 2.75) is 6.10 Å². The standard InChI is InChI=1S/C17H16O2/c1-3-14(15-11-7-8-12-16(15)19-2)17(18)13-9-5-4-6-10-13/h4-12,17-18H,1H2,2H3. The highest BCUT2D eigenvalue weighted by molar-refractivity contribution is 5.73. The summed E-state index contributed by atoms with van der Waals surface area (Å²) in [6.07, 6.45) is -0.769. The topological polar surface area (TPSA) is 29.5 Å². The molecule has 2 rings (SSSR count). The number of hydrogen-bond acceptors (Lipinski definition) is 2. The predicted octanol–water partition coefficient (Wildman–Crippen LogP) is 3.60. The first-order valence-corrected chi connectivity index (χ1v) is 6.04. The zero-order valence-electron chi connectivity index (χ0n) is 10.8. The van der Waals surface area contributed by atoms with Crippen molar-refractivity contribution in [1.29, 1.82) is 0 Å². The minimum absolute atomic E-state index is 0.614. The number of methoxy groups -OCH3 is 1. The zero-order chi connectivity index (χ0) is 13.7. The quantitative estimate of drug-likeness (QED) is 0.842. The molecule has 1 unspecified atom stereocenters. The van der Waals surface area contributed by atoms with E-state index in [9.17, 15) is 5.11 Å². The second-order valence-electron chi connectivity index (χ2n) is 4.10. The van der Waals surface area contributed by atoms with E-state index < -0.39 is 6.10 Å². The van der Waals surface area contributed by atoms with Crippen molar-refractivity contribution in [3.8, 4) is 5.75 Å². The van der Waals surface area contributed by atoms with Crippen LogP contribution in [0.1, 0.15) is 17.2 Å². The van der Waals surface area contributed by atoms with Crippen LogP contribution in [0.4, 0.5) is 0 Å². The Bertz CT molecular complexity index is 596. The van der Waals surface area contributed by atoms with Gasteiger partial charge >= 0.3 is 0 Å². The smallest absolute Gasteiger partial charge is 0.127 e. The summed E-state index contributed by atoms with van der Waals surface area (Å²) < 4.78 is 5.31. The Labute approximate surface area is 113 Å². The molecule has 0 spiro atoms. The molecule has 0 fully saturated rings. The van der Waals surface area contributed by atoms with Crippen LogP contribution in [0.3, 0.4) is 0 Å². The van der Waals surface area contributed by atoms with Crippen LogP contribution in [0.15, 0.2) is 66.9 Å². The fourth-order valence-electron chi connectivity index (χ4n) is 2.01. The first-order valence-electron chi connectivity index (χ1n) is 6.04. The molecule has 0 aromatic heterocycles. The minimum atomic E-state index is -0.769. The van der Waals surface area contributed by atoms with Crippen molar-refractivity contribution in [3.63, 3.8) is 0 Å². The molecule has 0 radical (unpaired) electrons. The Morgan fingerprint density at radius 1 is 1.11 bits per heavy atom. The van der Waals surface area contributed by atoms with Gasteiger partial charge < -0.3 is 9.84 Å². The Balaban J connectivity index is 2.44. The van der Waals surface area contributed by atoms with Crippen molar-refractivity contribution in [2.75, 3.05) is 7.11 Å². The summed E-state index contributed by atoms with van der Waals surface area (Å²) in [5, 5.41) is 10.5. The molecule has 19 heavy (non-hydrogen) atoms. The Hall–Kier alpha value is -2.28. The monoisotopic (exact) mass is 252 g/mol. The maximum atomic E-state index is 10.5. The van der Waals surface area contributed by atoms with Crippen LogP contribution < -0.4 is 4.74 Å². The molecular weight excluding hydrogens is 236 g/mol. The Morgan fingerprint density at radius 2 is 1.74 bits per heavy atom. The SMILES string of the molecule is C=C=C(c1ccccc1OC)C(O)c1ccccc1. The highest BCUT2D eigenvalue weighted by Gasteiger charge is 2.17. The number of ether oxygens (including phenoxy) is 1. The van der Waals surface area contributed by atoms with Crippen molar-refractivity contribution in [3.05, 3.63) is 78.0 Å². The van der Waals surface area contributed by atoms with Crippen LogP contribution in [0.5, 0.6) is 5.75 Å². The average molecular weight is 252 g/mol. The molecule has 1 N–H and O–H groups in total. The predicted molar refractivity (Wildman–Crippen MR) is 76.9 cm³/mol. The van der Waals surface area contributed by atoms with Gasteiger partial charge in [-0.15, -0.1) is 5.73 Å². The molecule has 0 aliphatic heterocycles. The van der Waals surface area contributed by atoms with Gasteiger partial charge in [0, 0.05) is 11.1 Å². The van der Waals surface area contributed by atoms with Crippen LogP contribution in [0.25, 0.3) is 5.57 Å². The molecule has 2 aromatic carbocycles. The molecule has 0 saturated carbocycles. The Kier molecular flexibility index (Phi) is 4.19. The first-order chi connectivity index (χ1) is 9.27. The summed E-state index contributed by atoms with van der Waals surface area (Å²) in [6.45, 7) is 3.68. The number of aliphatic hydroxyl groups excluding tert-OH is 1. The summed E-state index contributed by atoms with van der Waals surface area (Å²) in [4.78, 5) is 0. The van der Waals surface area contributed by atoms with E-state index in [1.165, 1.54) is 0 Å². The highest BCUT2D eigenvalue weighted by atomic mass is 16.5. The second kappa shape index (κ2) is 6.05. The lowest BCUT2D eigenvalue weighted by molar-refractivity contribution is 0.238. The summed E-state index contributed by atoms with van der Waals surface area (Å²) in [6, 6.07) is 17.0. The molecule has 2 aromatic rings. The Morgan fingerprint density at radius 3 is 2.37 bits per heavy atom. The molecule has 0 saturated heterocycles. The summed E-state index contributed by atoms with van der Waals surface area (Å²) in [5.74, 6) is 0.698. The highest BCUT2D eigenvalue weighted by Crippen LogP contribution is 2.34. The molecule has 0 heterocycles. The summed E-state index contributed by atoms with van der Waals surface area (Å²) in [5.41, 5.74) is 5.05. The molecule has 0 aliphatic rings. The lowest BCUT2D eigenvalue weighted by atomic mass is 9.95. The number of rotatable bonds is 4. The summed E-state index contributed by atoms with van der Waals surface area (Å²) >= 11 is 0. The normalized spacial score (nSPS) is 11.5. The maximum absolute atomic E-state index is 10.5. The summed E-state index contributed by atoms with van der Waals surface area (Å²) in [7, 11) is 1.61. The molecular formula is C17H16O2. The third-order valence-electron chi connectivity index (χ3n) is 2.98. The van der Waals surface area contributed by atoms with Gasteiger partial charge in [-0.1, -0.05) is 55.1 Å². The number of para-hydroxylation sites is 1. The van der Waals surface area contributed by atoms with Gasteiger partial charge in [0.1, 0.15) is 11.9 Å². The van der Waals surface area contributed by atoms with Crippen molar-refractivity contribution in [2.24, 2.45) is 0 Å². The maximum Gasteiger partial charge on any atom is 0.127 e. The zero-order valence-corrected chi connectivity index (χ0v) is 10.8. The lowest BCUT2D eigenvalue weighted by Gasteiger charge is -2.16. The average Bonchev–Trinajstić information content (AvgIpc) is 2.49. The number of hydrogen-bond donors (Lipinski definition) is 1. The first kappa shape index (κ1) is 13.2. The third-order valence-corrected chi connectivity index (χ3v) is 2.98. The number of benzene rings is 2. The van der Waals surface area contributed by atoms with Gasteiger partial charge in [-0.05, 0) is 11.6 Å². The van der Waals surface area contributed by atoms with E-state index in [1.807, 2.05) is 54.6 Å². The van der Waals surface area contributed by atoms with E-state index in [2.05, 4.69) is 12.3 Å². The van der Waals surface area contributed by atoms with E-state index in [-0.39, 0.29) is 0 Å². The van der Waals surface area contributed by atoms with Gasteiger partial charge in [0.25, 0.3) is 0 Å². The lowest BCUT2D eigenvalue weighted by Crippen LogP contribution is -2.02. The van der Waals surface area contributed by atoms with Gasteiger partial charge in [0.2, 0.25) is 0 Å². The van der Waals surface area contributed by atoms with Crippen LogP contribution in [-0.4, -0.2) is 12.2 Å². The fraction of sp³-hybridized carbons (Fsp3) is 0.118. The van der Waals surface area contributed by atoms with Crippen molar-refractivity contribution in [1.82, 2.24) is 0 Å². The molecule has 2 heteroatoms. The van der Waals surface area contributed by atoms with Crippen LogP contribution in [0.2, 0.25) is 0 Å². The van der Waals surface area contributed by atoms with Gasteiger partial charge in [0.05, 0.1) is 7.11 Å². The third kappa shape index (κ3) is 2.76. The molecule has 0 bridgehead atoms. The van der Waals surface area contributed by atoms with E-state index >= 15 is 0 Å². The molecule has 2 nitrogen and oxygen atoms in total. The molecule has 0 amide bonds. The fourth-order valence-corrected chi connectivity index (χ4v) is 2.01. The molecule has 0 aliphatic carbocycles. The number of aliphatic hydroxyl groups is 1. The van der Waals surface area contributed by atoms with E-state index in [1.54, 1.807) is 7.11 Å².